The van der Waals surface area contributed by atoms with Gasteiger partial charge in [-0.15, -0.1) is 0 Å². The van der Waals surface area contributed by atoms with Crippen LogP contribution in [0.3, 0.4) is 0 Å². The van der Waals surface area contributed by atoms with Crippen molar-refractivity contribution >= 4 is 15.7 Å². The van der Waals surface area contributed by atoms with E-state index in [2.05, 4.69) is 6.58 Å². The number of fused-ring (bicyclic) bond motifs is 1. The number of carbonyl (C=O) groups is 1. The number of benzene rings is 1. The van der Waals surface area contributed by atoms with E-state index in [4.69, 9.17) is 9.47 Å². The van der Waals surface area contributed by atoms with Gasteiger partial charge in [-0.3, -0.25) is 4.79 Å². The van der Waals surface area contributed by atoms with Crippen LogP contribution in [-0.2, 0) is 27.6 Å². The molecule has 2 rings (SSSR count). The number of ether oxygens (including phenoxy) is 2. The number of hydrogen-bond acceptors (Lipinski definition) is 5. The van der Waals surface area contributed by atoms with Crippen molar-refractivity contribution in [3.63, 3.8) is 0 Å². The Morgan fingerprint density at radius 2 is 2.20 bits per heavy atom. The summed E-state index contributed by atoms with van der Waals surface area (Å²) in [4.78, 5) is 13.6. The molecule has 138 valence electrons. The smallest absolute Gasteiger partial charge is 0.246 e. The highest BCUT2D eigenvalue weighted by molar-refractivity contribution is 7.90. The van der Waals surface area contributed by atoms with E-state index in [9.17, 15) is 13.2 Å². The van der Waals surface area contributed by atoms with Crippen LogP contribution >= 0.6 is 0 Å². The van der Waals surface area contributed by atoms with Crippen LogP contribution in [0.1, 0.15) is 25.0 Å². The Kier molecular flexibility index (Phi) is 6.11. The number of sulfone groups is 1. The first kappa shape index (κ1) is 19.3. The van der Waals surface area contributed by atoms with Gasteiger partial charge < -0.3 is 14.4 Å². The third-order valence-corrected chi connectivity index (χ3v) is 4.86. The minimum atomic E-state index is -3.17. The first-order valence-corrected chi connectivity index (χ1v) is 10.3. The van der Waals surface area contributed by atoms with Gasteiger partial charge in [-0.1, -0.05) is 6.58 Å². The van der Waals surface area contributed by atoms with Crippen LogP contribution in [0.25, 0.3) is 0 Å². The molecule has 0 N–H and O–H groups in total. The molecule has 0 saturated carbocycles. The first-order valence-electron chi connectivity index (χ1n) is 8.27. The third kappa shape index (κ3) is 5.22. The van der Waals surface area contributed by atoms with Gasteiger partial charge in [0.05, 0.1) is 12.4 Å². The summed E-state index contributed by atoms with van der Waals surface area (Å²) in [7, 11) is -3.17. The van der Waals surface area contributed by atoms with Gasteiger partial charge in [-0.25, -0.2) is 8.42 Å². The molecule has 1 aliphatic heterocycles. The molecule has 0 fully saturated rings. The van der Waals surface area contributed by atoms with Crippen LogP contribution in [0.2, 0.25) is 0 Å². The van der Waals surface area contributed by atoms with E-state index in [0.29, 0.717) is 6.61 Å². The molecule has 7 heteroatoms. The van der Waals surface area contributed by atoms with Gasteiger partial charge in [0.2, 0.25) is 5.91 Å². The normalized spacial score (nSPS) is 16.0. The number of amides is 1. The molecular weight excluding hydrogens is 342 g/mol. The highest BCUT2D eigenvalue weighted by Crippen LogP contribution is 2.37. The molecule has 0 radical (unpaired) electrons. The Labute approximate surface area is 149 Å². The molecule has 0 spiro atoms. The van der Waals surface area contributed by atoms with E-state index in [-0.39, 0.29) is 30.9 Å². The summed E-state index contributed by atoms with van der Waals surface area (Å²) in [5.41, 5.74) is 1.86. The van der Waals surface area contributed by atoms with Crippen LogP contribution in [-0.4, -0.2) is 50.5 Å². The van der Waals surface area contributed by atoms with Gasteiger partial charge in [0.1, 0.15) is 27.4 Å². The molecule has 1 amide bonds. The van der Waals surface area contributed by atoms with Crippen LogP contribution in [0.5, 0.6) is 11.5 Å². The monoisotopic (exact) mass is 367 g/mol. The number of hydrogen-bond donors (Lipinski definition) is 0. The van der Waals surface area contributed by atoms with Gasteiger partial charge in [-0.05, 0) is 32.1 Å². The molecule has 1 atom stereocenters. The van der Waals surface area contributed by atoms with Crippen molar-refractivity contribution in [1.82, 2.24) is 4.90 Å². The maximum absolute atomic E-state index is 12.1. The summed E-state index contributed by atoms with van der Waals surface area (Å²) >= 11 is 0. The summed E-state index contributed by atoms with van der Waals surface area (Å²) in [6, 6.07) is 3.81. The van der Waals surface area contributed by atoms with E-state index in [1.165, 1.54) is 11.0 Å². The summed E-state index contributed by atoms with van der Waals surface area (Å²) in [5, 5.41) is 0. The van der Waals surface area contributed by atoms with E-state index in [0.717, 1.165) is 35.3 Å². The summed E-state index contributed by atoms with van der Waals surface area (Å²) in [5.74, 6) is 1.07. The molecule has 0 bridgehead atoms. The molecule has 1 aliphatic rings. The molecule has 0 saturated heterocycles. The molecule has 0 aromatic heterocycles. The predicted molar refractivity (Wildman–Crippen MR) is 96.7 cm³/mol. The molecule has 0 aliphatic carbocycles. The lowest BCUT2D eigenvalue weighted by Crippen LogP contribution is -2.33. The van der Waals surface area contributed by atoms with Crippen molar-refractivity contribution in [3.05, 3.63) is 35.9 Å². The minimum Gasteiger partial charge on any atom is -0.494 e. The summed E-state index contributed by atoms with van der Waals surface area (Å²) in [6.07, 6.45) is 3.19. The molecule has 1 aromatic carbocycles. The quantitative estimate of drug-likeness (QED) is 0.657. The van der Waals surface area contributed by atoms with E-state index >= 15 is 0 Å². The lowest BCUT2D eigenvalue weighted by Gasteiger charge is -2.22. The fraction of sp³-hybridized carbons (Fsp3) is 0.500. The van der Waals surface area contributed by atoms with Crippen molar-refractivity contribution in [2.24, 2.45) is 0 Å². The summed E-state index contributed by atoms with van der Waals surface area (Å²) in [6.45, 7) is 8.29. The molecule has 1 heterocycles. The highest BCUT2D eigenvalue weighted by atomic mass is 32.2. The van der Waals surface area contributed by atoms with Crippen molar-refractivity contribution < 1.29 is 22.7 Å². The fourth-order valence-electron chi connectivity index (χ4n) is 2.82. The van der Waals surface area contributed by atoms with Crippen molar-refractivity contribution in [3.8, 4) is 11.5 Å². The van der Waals surface area contributed by atoms with Crippen molar-refractivity contribution in [2.75, 3.05) is 25.2 Å². The average molecular weight is 367 g/mol. The zero-order valence-corrected chi connectivity index (χ0v) is 15.8. The second kappa shape index (κ2) is 7.91. The Bertz CT molecular complexity index is 757. The summed E-state index contributed by atoms with van der Waals surface area (Å²) < 4.78 is 34.4. The third-order valence-electron chi connectivity index (χ3n) is 3.93. The fourth-order valence-corrected chi connectivity index (χ4v) is 3.38. The maximum atomic E-state index is 12.1. The van der Waals surface area contributed by atoms with E-state index < -0.39 is 9.84 Å². The highest BCUT2D eigenvalue weighted by Gasteiger charge is 2.25. The maximum Gasteiger partial charge on any atom is 0.246 e. The second-order valence-corrected chi connectivity index (χ2v) is 8.49. The standard InChI is InChI=1S/C18H25NO5S/c1-5-17(20)19(7-8-25(4,21)22)12-15-11-16(23-6-2)10-14-9-13(3)24-18(14)15/h5,10-11,13H,1,6-9,12H2,2-4H3. The first-order chi connectivity index (χ1) is 11.7. The zero-order chi connectivity index (χ0) is 18.6. The minimum absolute atomic E-state index is 0.0604. The van der Waals surface area contributed by atoms with Gasteiger partial charge in [0.25, 0.3) is 0 Å². The molecule has 1 unspecified atom stereocenters. The number of nitrogens with zero attached hydrogens (tertiary/aromatic N) is 1. The van der Waals surface area contributed by atoms with Gasteiger partial charge in [-0.2, -0.15) is 0 Å². The van der Waals surface area contributed by atoms with Crippen LogP contribution < -0.4 is 9.47 Å². The predicted octanol–water partition coefficient (Wildman–Crippen LogP) is 1.97. The SMILES string of the molecule is C=CC(=O)N(CCS(C)(=O)=O)Cc1cc(OCC)cc2c1OC(C)C2. The van der Waals surface area contributed by atoms with Gasteiger partial charge >= 0.3 is 0 Å². The number of carbonyl (C=O) groups excluding carboxylic acids is 1. The molecule has 25 heavy (non-hydrogen) atoms. The Morgan fingerprint density at radius 3 is 2.80 bits per heavy atom. The zero-order valence-electron chi connectivity index (χ0n) is 14.9. The lowest BCUT2D eigenvalue weighted by molar-refractivity contribution is -0.126. The van der Waals surface area contributed by atoms with E-state index in [1.807, 2.05) is 26.0 Å². The van der Waals surface area contributed by atoms with Crippen LogP contribution in [0.15, 0.2) is 24.8 Å². The second-order valence-electron chi connectivity index (χ2n) is 6.23. The average Bonchev–Trinajstić information content (AvgIpc) is 2.90. The molecule has 6 nitrogen and oxygen atoms in total. The van der Waals surface area contributed by atoms with Gasteiger partial charge in [0, 0.05) is 36.9 Å². The Balaban J connectivity index is 2.31. The Hall–Kier alpha value is -2.02. The van der Waals surface area contributed by atoms with Crippen LogP contribution in [0.4, 0.5) is 0 Å². The largest absolute Gasteiger partial charge is 0.494 e. The van der Waals surface area contributed by atoms with Crippen molar-refractivity contribution in [1.29, 1.82) is 0 Å². The number of rotatable bonds is 8. The Morgan fingerprint density at radius 1 is 1.48 bits per heavy atom. The van der Waals surface area contributed by atoms with Crippen LogP contribution in [0, 0.1) is 0 Å². The van der Waals surface area contributed by atoms with Gasteiger partial charge in [0.15, 0.2) is 0 Å². The lowest BCUT2D eigenvalue weighted by atomic mass is 10.1. The van der Waals surface area contributed by atoms with Crippen molar-refractivity contribution in [2.45, 2.75) is 32.9 Å². The topological polar surface area (TPSA) is 72.9 Å². The van der Waals surface area contributed by atoms with E-state index in [1.54, 1.807) is 0 Å². The molecular formula is C18H25NO5S. The molecule has 1 aromatic rings.